The lowest BCUT2D eigenvalue weighted by molar-refractivity contribution is 0.906. The number of aliphatic imine (C=N–C) groups is 1. The van der Waals surface area contributed by atoms with Crippen LogP contribution in [0.5, 0.6) is 0 Å². The number of aromatic amines is 1. The molecule has 0 spiro atoms. The van der Waals surface area contributed by atoms with Gasteiger partial charge in [0.25, 0.3) is 0 Å². The zero-order valence-electron chi connectivity index (χ0n) is 8.18. The number of hydrogen-bond acceptors (Lipinski definition) is 1. The smallest absolute Gasteiger partial charge is 0.132 e. The van der Waals surface area contributed by atoms with Gasteiger partial charge in [-0.25, -0.2) is 4.99 Å². The number of H-pyrrole nitrogens is 1. The van der Waals surface area contributed by atoms with Crippen molar-refractivity contribution >= 4 is 12.0 Å². The molecule has 1 heterocycles. The normalized spacial score (nSPS) is 11.8. The van der Waals surface area contributed by atoms with E-state index in [1.165, 1.54) is 11.3 Å². The van der Waals surface area contributed by atoms with E-state index in [1.54, 1.807) is 0 Å². The minimum atomic E-state index is 0.507. The quantitative estimate of drug-likeness (QED) is 0.651. The Balaban J connectivity index is 2.81. The van der Waals surface area contributed by atoms with Crippen molar-refractivity contribution in [2.24, 2.45) is 10.9 Å². The molecule has 1 rings (SSSR count). The fourth-order valence-corrected chi connectivity index (χ4v) is 1.07. The average molecular weight is 164 g/mol. The number of rotatable bonds is 2. The summed E-state index contributed by atoms with van der Waals surface area (Å²) in [5.74, 6) is 1.49. The first kappa shape index (κ1) is 9.04. The lowest BCUT2D eigenvalue weighted by atomic mass is 10.2. The molecule has 1 aromatic rings. The van der Waals surface area contributed by atoms with Gasteiger partial charge in [0.15, 0.2) is 0 Å². The molecule has 0 aliphatic rings. The van der Waals surface area contributed by atoms with Crippen molar-refractivity contribution in [3.05, 3.63) is 17.3 Å². The summed E-state index contributed by atoms with van der Waals surface area (Å²) in [6.07, 6.45) is 1.96. The molecule has 0 radical (unpaired) electrons. The second kappa shape index (κ2) is 3.57. The van der Waals surface area contributed by atoms with E-state index in [1.807, 2.05) is 13.1 Å². The second-order valence-corrected chi connectivity index (χ2v) is 3.51. The van der Waals surface area contributed by atoms with Crippen LogP contribution < -0.4 is 0 Å². The van der Waals surface area contributed by atoms with Crippen molar-refractivity contribution < 1.29 is 0 Å². The van der Waals surface area contributed by atoms with Crippen molar-refractivity contribution in [1.82, 2.24) is 4.98 Å². The average Bonchev–Trinajstić information content (AvgIpc) is 2.26. The van der Waals surface area contributed by atoms with Gasteiger partial charge in [-0.15, -0.1) is 0 Å². The first-order valence-electron chi connectivity index (χ1n) is 4.30. The molecule has 0 atom stereocenters. The van der Waals surface area contributed by atoms with Crippen LogP contribution in [-0.4, -0.2) is 11.2 Å². The van der Waals surface area contributed by atoms with E-state index in [0.717, 1.165) is 5.82 Å². The summed E-state index contributed by atoms with van der Waals surface area (Å²) in [6, 6.07) is 2.10. The van der Waals surface area contributed by atoms with Gasteiger partial charge in [-0.05, 0) is 31.4 Å². The predicted octanol–water partition coefficient (Wildman–Crippen LogP) is 2.99. The molecule has 1 aromatic heterocycles. The fourth-order valence-electron chi connectivity index (χ4n) is 1.07. The predicted molar refractivity (Wildman–Crippen MR) is 53.3 cm³/mol. The Labute approximate surface area is 73.7 Å². The van der Waals surface area contributed by atoms with Gasteiger partial charge in [-0.1, -0.05) is 13.8 Å². The summed E-state index contributed by atoms with van der Waals surface area (Å²) in [4.78, 5) is 7.55. The Kier molecular flexibility index (Phi) is 2.69. The fraction of sp³-hybridized carbons (Fsp3) is 0.500. The van der Waals surface area contributed by atoms with Crippen molar-refractivity contribution in [3.8, 4) is 0 Å². The highest BCUT2D eigenvalue weighted by Gasteiger charge is 1.98. The van der Waals surface area contributed by atoms with Crippen molar-refractivity contribution in [2.75, 3.05) is 0 Å². The minimum Gasteiger partial charge on any atom is -0.344 e. The summed E-state index contributed by atoms with van der Waals surface area (Å²) in [5, 5.41) is 0. The highest BCUT2D eigenvalue weighted by molar-refractivity contribution is 5.65. The van der Waals surface area contributed by atoms with Crippen LogP contribution in [0.25, 0.3) is 0 Å². The first-order valence-corrected chi connectivity index (χ1v) is 4.30. The molecule has 0 saturated carbocycles. The van der Waals surface area contributed by atoms with Crippen LogP contribution in [0.15, 0.2) is 11.1 Å². The van der Waals surface area contributed by atoms with Gasteiger partial charge in [0, 0.05) is 11.9 Å². The van der Waals surface area contributed by atoms with Crippen LogP contribution in [0.3, 0.4) is 0 Å². The highest BCUT2D eigenvalue weighted by Crippen LogP contribution is 2.17. The number of hydrogen-bond donors (Lipinski definition) is 1. The van der Waals surface area contributed by atoms with Gasteiger partial charge in [0.05, 0.1) is 0 Å². The van der Waals surface area contributed by atoms with Gasteiger partial charge in [-0.2, -0.15) is 0 Å². The Morgan fingerprint density at radius 1 is 1.42 bits per heavy atom. The number of nitrogens with one attached hydrogen (secondary N) is 1. The van der Waals surface area contributed by atoms with Crippen LogP contribution in [0.1, 0.15) is 25.1 Å². The van der Waals surface area contributed by atoms with Crippen LogP contribution in [0.2, 0.25) is 0 Å². The third-order valence-electron chi connectivity index (χ3n) is 1.62. The summed E-state index contributed by atoms with van der Waals surface area (Å²) >= 11 is 0. The third kappa shape index (κ3) is 2.22. The second-order valence-electron chi connectivity index (χ2n) is 3.51. The molecule has 2 nitrogen and oxygen atoms in total. The van der Waals surface area contributed by atoms with Gasteiger partial charge >= 0.3 is 0 Å². The molecule has 0 bridgehead atoms. The number of aromatic nitrogens is 1. The molecule has 0 aromatic carbocycles. The van der Waals surface area contributed by atoms with Crippen LogP contribution in [0, 0.1) is 19.8 Å². The van der Waals surface area contributed by atoms with Crippen molar-refractivity contribution in [1.29, 1.82) is 0 Å². The van der Waals surface area contributed by atoms with Crippen molar-refractivity contribution in [2.45, 2.75) is 27.7 Å². The summed E-state index contributed by atoms with van der Waals surface area (Å²) in [6.45, 7) is 8.35. The SMILES string of the molecule is Cc1cc(C)c(/N=C\C(C)C)[nH]1. The Morgan fingerprint density at radius 2 is 2.08 bits per heavy atom. The lowest BCUT2D eigenvalue weighted by Gasteiger charge is -1.93. The number of aryl methyl sites for hydroxylation is 2. The van der Waals surface area contributed by atoms with E-state index in [0.29, 0.717) is 5.92 Å². The van der Waals surface area contributed by atoms with Gasteiger partial charge in [0.2, 0.25) is 0 Å². The summed E-state index contributed by atoms with van der Waals surface area (Å²) < 4.78 is 0. The maximum absolute atomic E-state index is 4.35. The Hall–Kier alpha value is -1.05. The molecule has 12 heavy (non-hydrogen) atoms. The van der Waals surface area contributed by atoms with E-state index >= 15 is 0 Å². The Bertz CT molecular complexity index is 282. The van der Waals surface area contributed by atoms with E-state index in [9.17, 15) is 0 Å². The molecule has 0 unspecified atom stereocenters. The molecule has 66 valence electrons. The molecule has 1 N–H and O–H groups in total. The molecule has 0 saturated heterocycles. The maximum atomic E-state index is 4.35. The van der Waals surface area contributed by atoms with E-state index in [2.05, 4.69) is 36.8 Å². The van der Waals surface area contributed by atoms with Crippen LogP contribution in [0.4, 0.5) is 5.82 Å². The summed E-state index contributed by atoms with van der Waals surface area (Å²) in [5.41, 5.74) is 2.38. The van der Waals surface area contributed by atoms with E-state index < -0.39 is 0 Å². The van der Waals surface area contributed by atoms with Crippen LogP contribution >= 0.6 is 0 Å². The topological polar surface area (TPSA) is 28.1 Å². The molecule has 0 fully saturated rings. The molecular formula is C10H16N2. The summed E-state index contributed by atoms with van der Waals surface area (Å²) in [7, 11) is 0. The molecule has 0 aliphatic carbocycles. The molecule has 0 amide bonds. The van der Waals surface area contributed by atoms with Crippen molar-refractivity contribution in [3.63, 3.8) is 0 Å². The first-order chi connectivity index (χ1) is 5.59. The molecular weight excluding hydrogens is 148 g/mol. The standard InChI is InChI=1S/C10H16N2/c1-7(2)6-11-10-8(3)5-9(4)12-10/h5-7,12H,1-4H3/b11-6-. The zero-order chi connectivity index (χ0) is 9.14. The van der Waals surface area contributed by atoms with Gasteiger partial charge < -0.3 is 4.98 Å². The largest absolute Gasteiger partial charge is 0.344 e. The van der Waals surface area contributed by atoms with Gasteiger partial charge in [-0.3, -0.25) is 0 Å². The third-order valence-corrected chi connectivity index (χ3v) is 1.62. The maximum Gasteiger partial charge on any atom is 0.132 e. The molecule has 0 aliphatic heterocycles. The molecule has 2 heteroatoms. The highest BCUT2D eigenvalue weighted by atomic mass is 14.9. The zero-order valence-corrected chi connectivity index (χ0v) is 8.18. The monoisotopic (exact) mass is 164 g/mol. The van der Waals surface area contributed by atoms with E-state index in [4.69, 9.17) is 0 Å². The van der Waals surface area contributed by atoms with E-state index in [-0.39, 0.29) is 0 Å². The Morgan fingerprint density at radius 3 is 2.50 bits per heavy atom. The van der Waals surface area contributed by atoms with Gasteiger partial charge in [0.1, 0.15) is 5.82 Å². The lowest BCUT2D eigenvalue weighted by Crippen LogP contribution is -1.85. The minimum absolute atomic E-state index is 0.507. The number of nitrogens with zero attached hydrogens (tertiary/aromatic N) is 1. The van der Waals surface area contributed by atoms with Crippen LogP contribution in [-0.2, 0) is 0 Å².